The molecular weight excluding hydrogens is 364 g/mol. The monoisotopic (exact) mass is 388 g/mol. The maximum absolute atomic E-state index is 12.1. The predicted molar refractivity (Wildman–Crippen MR) is 107 cm³/mol. The fraction of sp³-hybridized carbons (Fsp3) is 0.400. The van der Waals surface area contributed by atoms with Crippen LogP contribution in [0.1, 0.15) is 31.7 Å². The lowest BCUT2D eigenvalue weighted by molar-refractivity contribution is -0.121. The average Bonchev–Trinajstić information content (AvgIpc) is 2.99. The van der Waals surface area contributed by atoms with Gasteiger partial charge in [-0.05, 0) is 35.6 Å². The van der Waals surface area contributed by atoms with Gasteiger partial charge in [0, 0.05) is 12.0 Å². The Morgan fingerprint density at radius 2 is 2.11 bits per heavy atom. The lowest BCUT2D eigenvalue weighted by Gasteiger charge is -2.11. The van der Waals surface area contributed by atoms with Gasteiger partial charge in [0.2, 0.25) is 5.91 Å². The fourth-order valence-corrected chi connectivity index (χ4v) is 5.12. The van der Waals surface area contributed by atoms with Crippen LogP contribution in [0.4, 0.5) is 0 Å². The third-order valence-electron chi connectivity index (χ3n) is 4.58. The normalized spacial score (nSPS) is 18.8. The molecule has 1 amide bonds. The van der Waals surface area contributed by atoms with Gasteiger partial charge >= 0.3 is 0 Å². The van der Waals surface area contributed by atoms with Gasteiger partial charge in [0.05, 0.1) is 24.3 Å². The van der Waals surface area contributed by atoms with Crippen molar-refractivity contribution >= 4 is 32.7 Å². The quantitative estimate of drug-likeness (QED) is 0.584. The van der Waals surface area contributed by atoms with Crippen molar-refractivity contribution in [2.24, 2.45) is 11.0 Å². The Hall–Kier alpha value is -2.41. The van der Waals surface area contributed by atoms with Crippen molar-refractivity contribution in [3.63, 3.8) is 0 Å². The number of ether oxygens (including phenoxy) is 1. The minimum atomic E-state index is -2.98. The summed E-state index contributed by atoms with van der Waals surface area (Å²) in [5, 5.41) is 6.14. The molecule has 0 radical (unpaired) electrons. The SMILES string of the molecule is CCCOc1ccc2ccccc2c1/C=N\NC(=O)C[C@H]1CCS(=O)(=O)C1. The Labute approximate surface area is 159 Å². The summed E-state index contributed by atoms with van der Waals surface area (Å²) in [5.41, 5.74) is 3.32. The second-order valence-electron chi connectivity index (χ2n) is 6.81. The molecule has 1 fully saturated rings. The Kier molecular flexibility index (Phi) is 6.11. The molecular formula is C20H24N2O4S. The summed E-state index contributed by atoms with van der Waals surface area (Å²) in [7, 11) is -2.98. The molecule has 0 unspecified atom stereocenters. The van der Waals surface area contributed by atoms with Crippen molar-refractivity contribution in [1.29, 1.82) is 0 Å². The van der Waals surface area contributed by atoms with E-state index in [0.29, 0.717) is 13.0 Å². The molecule has 6 nitrogen and oxygen atoms in total. The summed E-state index contributed by atoms with van der Waals surface area (Å²) in [4.78, 5) is 12.1. The Balaban J connectivity index is 1.71. The van der Waals surface area contributed by atoms with E-state index in [9.17, 15) is 13.2 Å². The highest BCUT2D eigenvalue weighted by atomic mass is 32.2. The molecule has 0 aromatic heterocycles. The van der Waals surface area contributed by atoms with E-state index in [1.165, 1.54) is 0 Å². The molecule has 1 aliphatic heterocycles. The molecule has 1 saturated heterocycles. The zero-order valence-electron chi connectivity index (χ0n) is 15.3. The van der Waals surface area contributed by atoms with Gasteiger partial charge in [-0.25, -0.2) is 13.8 Å². The Morgan fingerprint density at radius 1 is 1.30 bits per heavy atom. The topological polar surface area (TPSA) is 84.8 Å². The minimum Gasteiger partial charge on any atom is -0.493 e. The highest BCUT2D eigenvalue weighted by Crippen LogP contribution is 2.27. The second kappa shape index (κ2) is 8.52. The number of nitrogens with zero attached hydrogens (tertiary/aromatic N) is 1. The summed E-state index contributed by atoms with van der Waals surface area (Å²) >= 11 is 0. The van der Waals surface area contributed by atoms with E-state index >= 15 is 0 Å². The van der Waals surface area contributed by atoms with Crippen molar-refractivity contribution in [3.05, 3.63) is 42.0 Å². The summed E-state index contributed by atoms with van der Waals surface area (Å²) in [5.74, 6) is 0.580. The van der Waals surface area contributed by atoms with E-state index in [1.54, 1.807) is 6.21 Å². The van der Waals surface area contributed by atoms with Crippen LogP contribution in [-0.2, 0) is 14.6 Å². The highest BCUT2D eigenvalue weighted by molar-refractivity contribution is 7.91. The van der Waals surface area contributed by atoms with Gasteiger partial charge in [-0.15, -0.1) is 0 Å². The molecule has 2 aromatic carbocycles. The highest BCUT2D eigenvalue weighted by Gasteiger charge is 2.29. The molecule has 0 aliphatic carbocycles. The van der Waals surface area contributed by atoms with Crippen molar-refractivity contribution in [2.45, 2.75) is 26.2 Å². The van der Waals surface area contributed by atoms with E-state index in [4.69, 9.17) is 4.74 Å². The maximum Gasteiger partial charge on any atom is 0.240 e. The van der Waals surface area contributed by atoms with Crippen molar-refractivity contribution in [3.8, 4) is 5.75 Å². The molecule has 1 aliphatic rings. The number of rotatable bonds is 7. The number of hydrogen-bond donors (Lipinski definition) is 1. The molecule has 0 bridgehead atoms. The largest absolute Gasteiger partial charge is 0.493 e. The molecule has 27 heavy (non-hydrogen) atoms. The third-order valence-corrected chi connectivity index (χ3v) is 6.41. The molecule has 3 rings (SSSR count). The molecule has 0 saturated carbocycles. The van der Waals surface area contributed by atoms with Gasteiger partial charge in [0.15, 0.2) is 9.84 Å². The van der Waals surface area contributed by atoms with Crippen LogP contribution in [0.3, 0.4) is 0 Å². The van der Waals surface area contributed by atoms with Gasteiger partial charge in [0.25, 0.3) is 0 Å². The molecule has 7 heteroatoms. The lowest BCUT2D eigenvalue weighted by atomic mass is 10.0. The van der Waals surface area contributed by atoms with Gasteiger partial charge in [-0.1, -0.05) is 37.3 Å². The van der Waals surface area contributed by atoms with E-state index < -0.39 is 9.84 Å². The van der Waals surface area contributed by atoms with E-state index in [1.807, 2.05) is 43.3 Å². The van der Waals surface area contributed by atoms with Crippen molar-refractivity contribution < 1.29 is 17.9 Å². The minimum absolute atomic E-state index is 0.0858. The van der Waals surface area contributed by atoms with E-state index in [-0.39, 0.29) is 29.8 Å². The molecule has 1 heterocycles. The first kappa shape index (κ1) is 19.4. The van der Waals surface area contributed by atoms with Crippen LogP contribution in [-0.4, -0.2) is 38.7 Å². The van der Waals surface area contributed by atoms with Gasteiger partial charge in [0.1, 0.15) is 5.75 Å². The van der Waals surface area contributed by atoms with Crippen LogP contribution >= 0.6 is 0 Å². The lowest BCUT2D eigenvalue weighted by Crippen LogP contribution is -2.21. The number of hydrazone groups is 1. The van der Waals surface area contributed by atoms with Crippen molar-refractivity contribution in [2.75, 3.05) is 18.1 Å². The van der Waals surface area contributed by atoms with Gasteiger partial charge in [-0.2, -0.15) is 5.10 Å². The van der Waals surface area contributed by atoms with Crippen molar-refractivity contribution in [1.82, 2.24) is 5.43 Å². The standard InChI is InChI=1S/C20H24N2O4S/c1-2-10-26-19-8-7-16-5-3-4-6-17(16)18(19)13-21-22-20(23)12-15-9-11-27(24,25)14-15/h3-8,13,15H,2,9-12,14H2,1H3,(H,22,23)/b21-13-/t15-/m1/s1. The smallest absolute Gasteiger partial charge is 0.240 e. The fourth-order valence-electron chi connectivity index (χ4n) is 3.26. The number of hydrogen-bond acceptors (Lipinski definition) is 5. The van der Waals surface area contributed by atoms with Crippen LogP contribution in [0.25, 0.3) is 10.8 Å². The summed E-state index contributed by atoms with van der Waals surface area (Å²) in [6, 6.07) is 11.8. The van der Waals surface area contributed by atoms with E-state index in [0.717, 1.165) is 28.5 Å². The number of carbonyl (C=O) groups excluding carboxylic acids is 1. The molecule has 1 N–H and O–H groups in total. The summed E-state index contributed by atoms with van der Waals surface area (Å²) in [6.07, 6.45) is 3.20. The summed E-state index contributed by atoms with van der Waals surface area (Å²) < 4.78 is 28.8. The van der Waals surface area contributed by atoms with Gasteiger partial charge < -0.3 is 4.74 Å². The summed E-state index contributed by atoms with van der Waals surface area (Å²) in [6.45, 7) is 2.64. The Morgan fingerprint density at radius 3 is 2.85 bits per heavy atom. The third kappa shape index (κ3) is 5.07. The predicted octanol–water partition coefficient (Wildman–Crippen LogP) is 2.90. The van der Waals surface area contributed by atoms with Crippen LogP contribution in [0.15, 0.2) is 41.5 Å². The molecule has 0 spiro atoms. The number of sulfone groups is 1. The number of fused-ring (bicyclic) bond motifs is 1. The first-order valence-electron chi connectivity index (χ1n) is 9.15. The van der Waals surface area contributed by atoms with Crippen LogP contribution in [0, 0.1) is 5.92 Å². The second-order valence-corrected chi connectivity index (χ2v) is 9.04. The maximum atomic E-state index is 12.1. The zero-order chi connectivity index (χ0) is 19.3. The van der Waals surface area contributed by atoms with E-state index in [2.05, 4.69) is 10.5 Å². The number of carbonyl (C=O) groups is 1. The Bertz CT molecular complexity index is 954. The number of amides is 1. The molecule has 1 atom stereocenters. The first-order valence-corrected chi connectivity index (χ1v) is 11.0. The first-order chi connectivity index (χ1) is 13.0. The average molecular weight is 388 g/mol. The molecule has 144 valence electrons. The van der Waals surface area contributed by atoms with Gasteiger partial charge in [-0.3, -0.25) is 4.79 Å². The zero-order valence-corrected chi connectivity index (χ0v) is 16.2. The number of benzene rings is 2. The van der Waals surface area contributed by atoms with Crippen LogP contribution in [0.2, 0.25) is 0 Å². The van der Waals surface area contributed by atoms with Crippen LogP contribution in [0.5, 0.6) is 5.75 Å². The molecule has 2 aromatic rings. The van der Waals surface area contributed by atoms with Crippen LogP contribution < -0.4 is 10.2 Å². The number of nitrogens with one attached hydrogen (secondary N) is 1.